The third-order valence-corrected chi connectivity index (χ3v) is 8.64. The number of hydrogen-bond acceptors (Lipinski definition) is 4. The van der Waals surface area contributed by atoms with E-state index in [0.29, 0.717) is 29.8 Å². The third-order valence-electron chi connectivity index (χ3n) is 6.72. The molecule has 0 spiro atoms. The first kappa shape index (κ1) is 28.6. The molecule has 6 nitrogen and oxygen atoms in total. The predicted octanol–water partition coefficient (Wildman–Crippen LogP) is 6.24. The lowest BCUT2D eigenvalue weighted by Crippen LogP contribution is -2.41. The van der Waals surface area contributed by atoms with E-state index in [9.17, 15) is 13.2 Å². The molecule has 2 saturated heterocycles. The lowest BCUT2D eigenvalue weighted by atomic mass is 9.87. The fourth-order valence-electron chi connectivity index (χ4n) is 4.72. The van der Waals surface area contributed by atoms with Gasteiger partial charge >= 0.3 is 6.09 Å². The standard InChI is InChI=1S/C25H40N2O4S.C2H6/c1-20-8-10-23(11-9-20)32(29,30)27-18-14-22(15-19-27)7-5-6-21-12-16-26(17-13-21)24(28)31-25(2,3)4;1-2/h8-11,21-22H,5-7,12-19H2,1-4H3;1-2H3. The largest absolute Gasteiger partial charge is 0.444 e. The van der Waals surface area contributed by atoms with Crippen LogP contribution in [-0.4, -0.2) is 55.5 Å². The lowest BCUT2D eigenvalue weighted by Gasteiger charge is -2.34. The molecule has 194 valence electrons. The fraction of sp³-hybridized carbons (Fsp3) is 0.741. The summed E-state index contributed by atoms with van der Waals surface area (Å²) < 4.78 is 32.9. The van der Waals surface area contributed by atoms with Gasteiger partial charge < -0.3 is 9.64 Å². The zero-order valence-corrected chi connectivity index (χ0v) is 23.0. The molecule has 2 fully saturated rings. The van der Waals surface area contributed by atoms with Gasteiger partial charge in [0.25, 0.3) is 0 Å². The van der Waals surface area contributed by atoms with Crippen LogP contribution in [0.4, 0.5) is 4.79 Å². The van der Waals surface area contributed by atoms with E-state index in [2.05, 4.69) is 0 Å². The number of piperidine rings is 2. The summed E-state index contributed by atoms with van der Waals surface area (Å²) in [7, 11) is -3.37. The molecule has 3 rings (SSSR count). The van der Waals surface area contributed by atoms with Crippen LogP contribution in [0.1, 0.15) is 85.1 Å². The molecule has 0 N–H and O–H groups in total. The number of hydrogen-bond donors (Lipinski definition) is 0. The fourth-order valence-corrected chi connectivity index (χ4v) is 6.19. The molecule has 0 aromatic heterocycles. The first-order valence-electron chi connectivity index (χ1n) is 13.1. The van der Waals surface area contributed by atoms with E-state index in [1.165, 1.54) is 19.3 Å². The number of benzene rings is 1. The number of nitrogens with zero attached hydrogens (tertiary/aromatic N) is 2. The Morgan fingerprint density at radius 3 is 1.85 bits per heavy atom. The van der Waals surface area contributed by atoms with Crippen LogP contribution in [0.5, 0.6) is 0 Å². The number of carbonyl (C=O) groups excluding carboxylic acids is 1. The summed E-state index contributed by atoms with van der Waals surface area (Å²) in [4.78, 5) is 14.4. The van der Waals surface area contributed by atoms with Crippen molar-refractivity contribution in [1.29, 1.82) is 0 Å². The van der Waals surface area contributed by atoms with Crippen molar-refractivity contribution in [3.63, 3.8) is 0 Å². The molecule has 1 aromatic carbocycles. The van der Waals surface area contributed by atoms with Crippen LogP contribution < -0.4 is 0 Å². The summed E-state index contributed by atoms with van der Waals surface area (Å²) in [6, 6.07) is 7.14. The molecule has 1 amide bonds. The monoisotopic (exact) mass is 494 g/mol. The first-order valence-corrected chi connectivity index (χ1v) is 14.5. The summed E-state index contributed by atoms with van der Waals surface area (Å²) >= 11 is 0. The van der Waals surface area contributed by atoms with Crippen molar-refractivity contribution in [3.05, 3.63) is 29.8 Å². The summed E-state index contributed by atoms with van der Waals surface area (Å²) in [5, 5.41) is 0. The highest BCUT2D eigenvalue weighted by Gasteiger charge is 2.30. The van der Waals surface area contributed by atoms with Crippen molar-refractivity contribution in [3.8, 4) is 0 Å². The highest BCUT2D eigenvalue weighted by molar-refractivity contribution is 7.89. The van der Waals surface area contributed by atoms with Gasteiger partial charge in [-0.25, -0.2) is 13.2 Å². The number of likely N-dealkylation sites (tertiary alicyclic amines) is 1. The van der Waals surface area contributed by atoms with Crippen LogP contribution >= 0.6 is 0 Å². The van der Waals surface area contributed by atoms with Crippen LogP contribution in [0.25, 0.3) is 0 Å². The summed E-state index contributed by atoms with van der Waals surface area (Å²) in [5.74, 6) is 1.29. The van der Waals surface area contributed by atoms with E-state index in [1.54, 1.807) is 16.4 Å². The smallest absolute Gasteiger partial charge is 0.410 e. The van der Waals surface area contributed by atoms with Crippen LogP contribution in [0.3, 0.4) is 0 Å². The second-order valence-electron chi connectivity index (χ2n) is 10.5. The summed E-state index contributed by atoms with van der Waals surface area (Å²) in [6.45, 7) is 14.5. The van der Waals surface area contributed by atoms with E-state index in [4.69, 9.17) is 4.74 Å². The molecule has 7 heteroatoms. The Bertz CT molecular complexity index is 846. The van der Waals surface area contributed by atoms with Gasteiger partial charge in [-0.2, -0.15) is 4.31 Å². The Balaban J connectivity index is 0.00000199. The number of rotatable bonds is 6. The van der Waals surface area contributed by atoms with Gasteiger partial charge in [-0.05, 0) is 77.3 Å². The van der Waals surface area contributed by atoms with Gasteiger partial charge in [0.05, 0.1) is 4.90 Å². The quantitative estimate of drug-likeness (QED) is 0.469. The van der Waals surface area contributed by atoms with E-state index >= 15 is 0 Å². The van der Waals surface area contributed by atoms with Crippen molar-refractivity contribution < 1.29 is 17.9 Å². The molecule has 2 heterocycles. The second kappa shape index (κ2) is 12.9. The van der Waals surface area contributed by atoms with Crippen molar-refractivity contribution in [2.75, 3.05) is 26.2 Å². The highest BCUT2D eigenvalue weighted by atomic mass is 32.2. The summed E-state index contributed by atoms with van der Waals surface area (Å²) in [5.41, 5.74) is 0.626. The predicted molar refractivity (Wildman–Crippen MR) is 138 cm³/mol. The molecule has 2 aliphatic heterocycles. The Morgan fingerprint density at radius 2 is 1.38 bits per heavy atom. The van der Waals surface area contributed by atoms with Crippen LogP contribution in [0.15, 0.2) is 29.2 Å². The van der Waals surface area contributed by atoms with E-state index in [1.807, 2.05) is 58.6 Å². The average Bonchev–Trinajstić information content (AvgIpc) is 2.80. The van der Waals surface area contributed by atoms with Gasteiger partial charge in [-0.1, -0.05) is 50.8 Å². The van der Waals surface area contributed by atoms with Gasteiger partial charge in [0.2, 0.25) is 10.0 Å². The van der Waals surface area contributed by atoms with Crippen LogP contribution in [0.2, 0.25) is 0 Å². The minimum absolute atomic E-state index is 0.191. The van der Waals surface area contributed by atoms with E-state index in [0.717, 1.165) is 44.3 Å². The molecule has 0 unspecified atom stereocenters. The van der Waals surface area contributed by atoms with Gasteiger partial charge in [0.1, 0.15) is 5.60 Å². The maximum Gasteiger partial charge on any atom is 0.410 e. The van der Waals surface area contributed by atoms with Gasteiger partial charge in [0, 0.05) is 26.2 Å². The number of sulfonamides is 1. The van der Waals surface area contributed by atoms with Crippen molar-refractivity contribution in [2.24, 2.45) is 11.8 Å². The van der Waals surface area contributed by atoms with E-state index in [-0.39, 0.29) is 6.09 Å². The normalized spacial score (nSPS) is 18.8. The van der Waals surface area contributed by atoms with Gasteiger partial charge in [-0.15, -0.1) is 0 Å². The Labute approximate surface area is 208 Å². The zero-order chi connectivity index (χ0) is 25.4. The second-order valence-corrected chi connectivity index (χ2v) is 12.4. The average molecular weight is 495 g/mol. The molecule has 0 atom stereocenters. The maximum absolute atomic E-state index is 12.9. The molecule has 2 aliphatic rings. The van der Waals surface area contributed by atoms with Gasteiger partial charge in [-0.3, -0.25) is 0 Å². The molecule has 0 aliphatic carbocycles. The molecular formula is C27H46N2O4S. The van der Waals surface area contributed by atoms with E-state index < -0.39 is 15.6 Å². The molecule has 34 heavy (non-hydrogen) atoms. The minimum Gasteiger partial charge on any atom is -0.444 e. The Morgan fingerprint density at radius 1 is 0.912 bits per heavy atom. The number of carbonyl (C=O) groups is 1. The molecule has 0 bridgehead atoms. The molecule has 0 saturated carbocycles. The molecule has 1 aromatic rings. The zero-order valence-electron chi connectivity index (χ0n) is 22.2. The number of aryl methyl sites for hydroxylation is 1. The number of ether oxygens (including phenoxy) is 1. The Kier molecular flexibility index (Phi) is 10.9. The lowest BCUT2D eigenvalue weighted by molar-refractivity contribution is 0.0180. The van der Waals surface area contributed by atoms with Crippen LogP contribution in [-0.2, 0) is 14.8 Å². The first-order chi connectivity index (χ1) is 16.0. The minimum atomic E-state index is -3.37. The SMILES string of the molecule is CC.Cc1ccc(S(=O)(=O)N2CCC(CCCC3CCN(C(=O)OC(C)(C)C)CC3)CC2)cc1. The summed E-state index contributed by atoms with van der Waals surface area (Å²) in [6.07, 6.45) is 7.35. The van der Waals surface area contributed by atoms with Crippen molar-refractivity contribution in [2.45, 2.75) is 97.0 Å². The van der Waals surface area contributed by atoms with Gasteiger partial charge in [0.15, 0.2) is 0 Å². The van der Waals surface area contributed by atoms with Crippen molar-refractivity contribution >= 4 is 16.1 Å². The maximum atomic E-state index is 12.9. The third kappa shape index (κ3) is 8.56. The molecular weight excluding hydrogens is 448 g/mol. The van der Waals surface area contributed by atoms with Crippen molar-refractivity contribution in [1.82, 2.24) is 9.21 Å². The number of amides is 1. The van der Waals surface area contributed by atoms with Crippen LogP contribution in [0, 0.1) is 18.8 Å². The topological polar surface area (TPSA) is 66.9 Å². The highest BCUT2D eigenvalue weighted by Crippen LogP contribution is 2.29. The Hall–Kier alpha value is -1.60. The molecule has 0 radical (unpaired) electrons.